The third-order valence-corrected chi connectivity index (χ3v) is 7.44. The van der Waals surface area contributed by atoms with Crippen LogP contribution in [-0.4, -0.2) is 51.9 Å². The Bertz CT molecular complexity index is 1030. The summed E-state index contributed by atoms with van der Waals surface area (Å²) in [7, 11) is -3.19. The predicted octanol–water partition coefficient (Wildman–Crippen LogP) is 2.87. The van der Waals surface area contributed by atoms with E-state index in [4.69, 9.17) is 5.10 Å². The molecule has 2 atom stereocenters. The molecule has 0 saturated carbocycles. The van der Waals surface area contributed by atoms with Crippen molar-refractivity contribution in [2.75, 3.05) is 19.3 Å². The topological polar surface area (TPSA) is 80.5 Å². The molecular weight excluding hydrogens is 382 g/mol. The van der Waals surface area contributed by atoms with E-state index >= 15 is 0 Å². The summed E-state index contributed by atoms with van der Waals surface area (Å²) in [5.74, 6) is 1.02. The third kappa shape index (κ3) is 3.63. The zero-order valence-electron chi connectivity index (χ0n) is 15.4. The van der Waals surface area contributed by atoms with E-state index in [0.29, 0.717) is 13.1 Å². The summed E-state index contributed by atoms with van der Waals surface area (Å²) in [5, 5.41) is 14.5. The number of fused-ring (bicyclic) bond motifs is 1. The van der Waals surface area contributed by atoms with Crippen LogP contribution in [0.2, 0.25) is 0 Å². The van der Waals surface area contributed by atoms with E-state index in [2.05, 4.69) is 29.3 Å². The minimum Gasteiger partial charge on any atom is -0.213 e. The first-order valence-corrected chi connectivity index (χ1v) is 11.9. The first-order chi connectivity index (χ1) is 13.0. The van der Waals surface area contributed by atoms with Crippen molar-refractivity contribution in [1.82, 2.24) is 24.1 Å². The van der Waals surface area contributed by atoms with Gasteiger partial charge in [-0.3, -0.25) is 0 Å². The molecule has 3 aromatic rings. The lowest BCUT2D eigenvalue weighted by molar-refractivity contribution is 0.308. The molecule has 2 unspecified atom stereocenters. The molecule has 4 rings (SSSR count). The summed E-state index contributed by atoms with van der Waals surface area (Å²) in [4.78, 5) is 0.769. The summed E-state index contributed by atoms with van der Waals surface area (Å²) in [6.07, 6.45) is 3.94. The highest BCUT2D eigenvalue weighted by Gasteiger charge is 2.31. The van der Waals surface area contributed by atoms with Crippen molar-refractivity contribution in [1.29, 1.82) is 0 Å². The molecule has 3 heterocycles. The van der Waals surface area contributed by atoms with Crippen LogP contribution in [0.5, 0.6) is 0 Å². The van der Waals surface area contributed by atoms with Gasteiger partial charge < -0.3 is 0 Å². The Morgan fingerprint density at radius 1 is 1.26 bits per heavy atom. The Morgan fingerprint density at radius 2 is 2.04 bits per heavy atom. The predicted molar refractivity (Wildman–Crippen MR) is 106 cm³/mol. The van der Waals surface area contributed by atoms with Crippen LogP contribution in [0, 0.1) is 0 Å². The maximum atomic E-state index is 11.9. The van der Waals surface area contributed by atoms with Crippen LogP contribution < -0.4 is 0 Å². The van der Waals surface area contributed by atoms with Gasteiger partial charge in [-0.25, -0.2) is 12.7 Å². The monoisotopic (exact) mass is 405 g/mol. The van der Waals surface area contributed by atoms with Gasteiger partial charge in [-0.05, 0) is 24.8 Å². The second-order valence-electron chi connectivity index (χ2n) is 7.02. The summed E-state index contributed by atoms with van der Waals surface area (Å²) in [6, 6.07) is 10.4. The van der Waals surface area contributed by atoms with Gasteiger partial charge in [0.15, 0.2) is 5.82 Å². The van der Waals surface area contributed by atoms with E-state index in [1.807, 2.05) is 22.7 Å². The highest BCUT2D eigenvalue weighted by Crippen LogP contribution is 2.33. The Kier molecular flexibility index (Phi) is 5.00. The fourth-order valence-corrected chi connectivity index (χ4v) is 5.70. The minimum atomic E-state index is -3.19. The van der Waals surface area contributed by atoms with Gasteiger partial charge in [0.05, 0.1) is 6.26 Å². The zero-order valence-corrected chi connectivity index (χ0v) is 17.1. The highest BCUT2D eigenvalue weighted by molar-refractivity contribution is 7.88. The molecule has 0 N–H and O–H groups in total. The number of piperidine rings is 1. The van der Waals surface area contributed by atoms with Gasteiger partial charge in [-0.1, -0.05) is 48.6 Å². The van der Waals surface area contributed by atoms with Crippen molar-refractivity contribution in [2.45, 2.75) is 38.0 Å². The molecule has 0 aliphatic carbocycles. The molecule has 0 spiro atoms. The quantitative estimate of drug-likeness (QED) is 0.652. The number of hydrogen-bond acceptors (Lipinski definition) is 6. The van der Waals surface area contributed by atoms with Crippen LogP contribution in [-0.2, 0) is 10.0 Å². The second-order valence-corrected chi connectivity index (χ2v) is 9.99. The number of aromatic nitrogens is 4. The number of nitrogens with zero attached hydrogens (tertiary/aromatic N) is 5. The third-order valence-electron chi connectivity index (χ3n) is 5.16. The van der Waals surface area contributed by atoms with E-state index in [9.17, 15) is 8.42 Å². The molecule has 1 aliphatic rings. The molecule has 2 aromatic heterocycles. The lowest BCUT2D eigenvalue weighted by Gasteiger charge is -2.29. The molecule has 0 amide bonds. The molecule has 1 saturated heterocycles. The van der Waals surface area contributed by atoms with E-state index < -0.39 is 10.0 Å². The van der Waals surface area contributed by atoms with Gasteiger partial charge >= 0.3 is 0 Å². The standard InChI is InChI=1S/C18H23N5O2S2/c1-3-15(13-8-5-4-6-9-13)17-21-23-16(19-20-18(23)26-17)14-10-7-11-22(12-14)27(2,24)25/h4-6,8-9,14-15H,3,7,10-12H2,1-2H3. The van der Waals surface area contributed by atoms with Crippen molar-refractivity contribution >= 4 is 26.3 Å². The average molecular weight is 406 g/mol. The smallest absolute Gasteiger partial charge is 0.213 e. The molecule has 144 valence electrons. The summed E-state index contributed by atoms with van der Waals surface area (Å²) in [5.41, 5.74) is 1.24. The SMILES string of the molecule is CCC(c1ccccc1)c1nn2c(C3CCCN(S(C)(=O)=O)C3)nnc2s1. The lowest BCUT2D eigenvalue weighted by atomic mass is 9.97. The van der Waals surface area contributed by atoms with Crippen LogP contribution >= 0.6 is 11.3 Å². The van der Waals surface area contributed by atoms with E-state index in [1.54, 1.807) is 11.3 Å². The first kappa shape index (κ1) is 18.5. The van der Waals surface area contributed by atoms with Crippen LogP contribution in [0.3, 0.4) is 0 Å². The summed E-state index contributed by atoms with van der Waals surface area (Å²) in [6.45, 7) is 3.18. The molecular formula is C18H23N5O2S2. The molecule has 27 heavy (non-hydrogen) atoms. The van der Waals surface area contributed by atoms with Crippen LogP contribution in [0.25, 0.3) is 4.96 Å². The number of sulfonamides is 1. The van der Waals surface area contributed by atoms with E-state index in [1.165, 1.54) is 16.1 Å². The van der Waals surface area contributed by atoms with Gasteiger partial charge in [0.25, 0.3) is 0 Å². The second kappa shape index (κ2) is 7.29. The van der Waals surface area contributed by atoms with Gasteiger partial charge in [-0.2, -0.15) is 9.61 Å². The summed E-state index contributed by atoms with van der Waals surface area (Å²) >= 11 is 1.56. The first-order valence-electron chi connectivity index (χ1n) is 9.19. The van der Waals surface area contributed by atoms with E-state index in [-0.39, 0.29) is 11.8 Å². The Labute approximate surface area is 163 Å². The van der Waals surface area contributed by atoms with Crippen LogP contribution in [0.1, 0.15) is 54.4 Å². The highest BCUT2D eigenvalue weighted by atomic mass is 32.2. The largest absolute Gasteiger partial charge is 0.234 e. The Balaban J connectivity index is 1.66. The average Bonchev–Trinajstić information content (AvgIpc) is 3.23. The maximum Gasteiger partial charge on any atom is 0.234 e. The van der Waals surface area contributed by atoms with Crippen molar-refractivity contribution in [3.05, 3.63) is 46.7 Å². The molecule has 1 fully saturated rings. The van der Waals surface area contributed by atoms with Gasteiger partial charge in [0.1, 0.15) is 5.01 Å². The Hall–Kier alpha value is -1.84. The molecule has 1 aromatic carbocycles. The van der Waals surface area contributed by atoms with Crippen LogP contribution in [0.15, 0.2) is 30.3 Å². The lowest BCUT2D eigenvalue weighted by Crippen LogP contribution is -2.38. The molecule has 0 bridgehead atoms. The molecule has 9 heteroatoms. The van der Waals surface area contributed by atoms with Gasteiger partial charge in [0, 0.05) is 24.9 Å². The zero-order chi connectivity index (χ0) is 19.0. The number of benzene rings is 1. The number of hydrogen-bond donors (Lipinski definition) is 0. The maximum absolute atomic E-state index is 11.9. The van der Waals surface area contributed by atoms with E-state index in [0.717, 1.165) is 35.1 Å². The van der Waals surface area contributed by atoms with Gasteiger partial charge in [0.2, 0.25) is 15.0 Å². The van der Waals surface area contributed by atoms with Gasteiger partial charge in [-0.15, -0.1) is 10.2 Å². The van der Waals surface area contributed by atoms with Crippen LogP contribution in [0.4, 0.5) is 0 Å². The fraction of sp³-hybridized carbons (Fsp3) is 0.500. The van der Waals surface area contributed by atoms with Crippen molar-refractivity contribution < 1.29 is 8.42 Å². The molecule has 0 radical (unpaired) electrons. The van der Waals surface area contributed by atoms with Crippen molar-refractivity contribution in [3.63, 3.8) is 0 Å². The molecule has 1 aliphatic heterocycles. The normalized spacial score (nSPS) is 20.1. The fourth-order valence-electron chi connectivity index (χ4n) is 3.73. The molecule has 7 nitrogen and oxygen atoms in total. The number of rotatable bonds is 5. The minimum absolute atomic E-state index is 0.0234. The summed E-state index contributed by atoms with van der Waals surface area (Å²) < 4.78 is 27.2. The van der Waals surface area contributed by atoms with Crippen molar-refractivity contribution in [3.8, 4) is 0 Å². The van der Waals surface area contributed by atoms with Crippen molar-refractivity contribution in [2.24, 2.45) is 0 Å². The Morgan fingerprint density at radius 3 is 2.74 bits per heavy atom.